The first-order valence-corrected chi connectivity index (χ1v) is 16.3. The molecule has 1 N–H and O–H groups in total. The van der Waals surface area contributed by atoms with Crippen LogP contribution in [0.2, 0.25) is 0 Å². The van der Waals surface area contributed by atoms with E-state index >= 15 is 0 Å². The van der Waals surface area contributed by atoms with E-state index in [2.05, 4.69) is 63.3 Å². The molecule has 0 amide bonds. The second-order valence-electron chi connectivity index (χ2n) is 11.8. The summed E-state index contributed by atoms with van der Waals surface area (Å²) in [4.78, 5) is 2.36. The number of aromatic nitrogens is 2. The summed E-state index contributed by atoms with van der Waals surface area (Å²) in [6, 6.07) is 17.6. The largest absolute Gasteiger partial charge is 0.508 e. The van der Waals surface area contributed by atoms with Gasteiger partial charge < -0.3 is 19.5 Å². The molecule has 2 saturated carbocycles. The van der Waals surface area contributed by atoms with Crippen molar-refractivity contribution in [3.63, 3.8) is 0 Å². The Bertz CT molecular complexity index is 1190. The van der Waals surface area contributed by atoms with Crippen molar-refractivity contribution in [1.82, 2.24) is 15.1 Å². The van der Waals surface area contributed by atoms with E-state index in [0.29, 0.717) is 23.7 Å². The first-order valence-electron chi connectivity index (χ1n) is 15.5. The molecule has 3 fully saturated rings. The molecule has 0 bridgehead atoms. The Hall–Kier alpha value is -2.06. The number of hydrogen-bond donors (Lipinski definition) is 1. The summed E-state index contributed by atoms with van der Waals surface area (Å²) in [6.07, 6.45) is 15.3. The van der Waals surface area contributed by atoms with Crippen LogP contribution in [0, 0.1) is 0 Å². The maximum absolute atomic E-state index is 8.74. The fourth-order valence-electron chi connectivity index (χ4n) is 6.15. The SMILES string of the molecule is CN1CCC(Oc2cc(-c3ccc(OC4CCCCC4)cc3)c(C3CCCCC3)nn2)CC1.Cl.Cl.Oc1ccc(Br)cc1. The van der Waals surface area contributed by atoms with Gasteiger partial charge in [0.1, 0.15) is 17.6 Å². The van der Waals surface area contributed by atoms with Crippen molar-refractivity contribution in [3.05, 3.63) is 64.8 Å². The molecule has 9 heteroatoms. The van der Waals surface area contributed by atoms with E-state index in [1.807, 2.05) is 0 Å². The zero-order chi connectivity index (χ0) is 28.4. The van der Waals surface area contributed by atoms with Gasteiger partial charge in [-0.3, -0.25) is 0 Å². The van der Waals surface area contributed by atoms with Crippen molar-refractivity contribution in [2.24, 2.45) is 0 Å². The van der Waals surface area contributed by atoms with E-state index in [0.717, 1.165) is 41.8 Å². The fraction of sp³-hybridized carbons (Fsp3) is 0.529. The van der Waals surface area contributed by atoms with Crippen LogP contribution in [0.3, 0.4) is 0 Å². The molecular weight excluding hydrogens is 649 g/mol. The minimum Gasteiger partial charge on any atom is -0.508 e. The lowest BCUT2D eigenvalue weighted by molar-refractivity contribution is 0.109. The molecule has 2 aromatic carbocycles. The zero-order valence-corrected chi connectivity index (χ0v) is 28.3. The van der Waals surface area contributed by atoms with Crippen LogP contribution in [-0.2, 0) is 0 Å². The van der Waals surface area contributed by atoms with Gasteiger partial charge in [0.05, 0.1) is 11.8 Å². The van der Waals surface area contributed by atoms with Gasteiger partial charge >= 0.3 is 0 Å². The van der Waals surface area contributed by atoms with Gasteiger partial charge in [0, 0.05) is 35.1 Å². The van der Waals surface area contributed by atoms with Crippen molar-refractivity contribution in [1.29, 1.82) is 0 Å². The Labute approximate surface area is 277 Å². The fourth-order valence-corrected chi connectivity index (χ4v) is 6.42. The van der Waals surface area contributed by atoms with Gasteiger partial charge in [-0.2, -0.15) is 5.10 Å². The Morgan fingerprint density at radius 3 is 1.91 bits per heavy atom. The molecule has 1 aliphatic heterocycles. The monoisotopic (exact) mass is 693 g/mol. The third kappa shape index (κ3) is 10.8. The third-order valence-corrected chi connectivity index (χ3v) is 9.12. The summed E-state index contributed by atoms with van der Waals surface area (Å²) in [5, 5.41) is 18.0. The number of hydrogen-bond acceptors (Lipinski definition) is 6. The molecule has 3 aliphatic rings. The highest BCUT2D eigenvalue weighted by Crippen LogP contribution is 2.38. The molecule has 236 valence electrons. The summed E-state index contributed by atoms with van der Waals surface area (Å²) in [7, 11) is 2.18. The number of halogens is 3. The molecule has 0 radical (unpaired) electrons. The minimum atomic E-state index is 0. The first-order chi connectivity index (χ1) is 20.0. The van der Waals surface area contributed by atoms with Crippen LogP contribution < -0.4 is 9.47 Å². The average Bonchev–Trinajstić information content (AvgIpc) is 3.01. The number of benzene rings is 2. The van der Waals surface area contributed by atoms with Crippen molar-refractivity contribution >= 4 is 40.7 Å². The summed E-state index contributed by atoms with van der Waals surface area (Å²) in [5.74, 6) is 2.45. The van der Waals surface area contributed by atoms with Gasteiger partial charge in [-0.05, 0) is 100 Å². The van der Waals surface area contributed by atoms with E-state index in [1.54, 1.807) is 24.3 Å². The standard InChI is InChI=1S/C28H39N3O2.C6H5BrO.2ClH/c1-31-18-16-25(17-19-31)33-27-20-26(28(30-29-27)22-8-4-2-5-9-22)21-12-14-24(15-13-21)32-23-10-6-3-7-11-23;7-5-1-3-6(8)4-2-5;;/h12-15,20,22-23,25H,2-11,16-19H2,1H3;1-4,8H;2*1H. The van der Waals surface area contributed by atoms with Gasteiger partial charge in [0.15, 0.2) is 0 Å². The lowest BCUT2D eigenvalue weighted by Crippen LogP contribution is -2.35. The molecule has 6 nitrogen and oxygen atoms in total. The molecule has 6 rings (SSSR count). The van der Waals surface area contributed by atoms with Crippen molar-refractivity contribution in [3.8, 4) is 28.5 Å². The predicted molar refractivity (Wildman–Crippen MR) is 182 cm³/mol. The van der Waals surface area contributed by atoms with Gasteiger partial charge in [-0.1, -0.05) is 53.7 Å². The zero-order valence-electron chi connectivity index (χ0n) is 25.1. The molecule has 3 aromatic rings. The van der Waals surface area contributed by atoms with E-state index < -0.39 is 0 Å². The van der Waals surface area contributed by atoms with Gasteiger partial charge in [0.2, 0.25) is 5.88 Å². The minimum absolute atomic E-state index is 0. The molecule has 2 aliphatic carbocycles. The van der Waals surface area contributed by atoms with Crippen LogP contribution in [0.1, 0.15) is 88.7 Å². The van der Waals surface area contributed by atoms with E-state index in [-0.39, 0.29) is 30.9 Å². The molecular formula is C34H46BrCl2N3O3. The number of aromatic hydroxyl groups is 1. The van der Waals surface area contributed by atoms with Crippen LogP contribution in [0.25, 0.3) is 11.1 Å². The highest BCUT2D eigenvalue weighted by atomic mass is 79.9. The maximum atomic E-state index is 8.74. The van der Waals surface area contributed by atoms with Gasteiger partial charge in [0.25, 0.3) is 0 Å². The summed E-state index contributed by atoms with van der Waals surface area (Å²) >= 11 is 3.23. The second kappa shape index (κ2) is 18.0. The maximum Gasteiger partial charge on any atom is 0.234 e. The van der Waals surface area contributed by atoms with Crippen LogP contribution >= 0.6 is 40.7 Å². The Kier molecular flexibility index (Phi) is 14.9. The normalized spacial score (nSPS) is 18.4. The number of phenolic OH excluding ortho intramolecular Hbond substituents is 1. The van der Waals surface area contributed by atoms with Crippen molar-refractivity contribution < 1.29 is 14.6 Å². The molecule has 0 unspecified atom stereocenters. The summed E-state index contributed by atoms with van der Waals surface area (Å²) in [6.45, 7) is 2.15. The molecule has 0 atom stereocenters. The lowest BCUT2D eigenvalue weighted by atomic mass is 9.84. The quantitative estimate of drug-likeness (QED) is 0.277. The van der Waals surface area contributed by atoms with Gasteiger partial charge in [-0.15, -0.1) is 29.9 Å². The van der Waals surface area contributed by atoms with Crippen molar-refractivity contribution in [2.45, 2.75) is 95.2 Å². The Morgan fingerprint density at radius 1 is 0.721 bits per heavy atom. The molecule has 1 saturated heterocycles. The van der Waals surface area contributed by atoms with Crippen LogP contribution in [0.15, 0.2) is 59.1 Å². The number of piperidine rings is 1. The number of nitrogens with zero attached hydrogens (tertiary/aromatic N) is 3. The number of ether oxygens (including phenoxy) is 2. The number of rotatable bonds is 6. The first kappa shape index (κ1) is 35.4. The highest BCUT2D eigenvalue weighted by Gasteiger charge is 2.24. The molecule has 43 heavy (non-hydrogen) atoms. The van der Waals surface area contributed by atoms with Crippen molar-refractivity contribution in [2.75, 3.05) is 20.1 Å². The molecule has 1 aromatic heterocycles. The second-order valence-corrected chi connectivity index (χ2v) is 12.7. The number of likely N-dealkylation sites (tertiary alicyclic amines) is 1. The van der Waals surface area contributed by atoms with Gasteiger partial charge in [-0.25, -0.2) is 0 Å². The smallest absolute Gasteiger partial charge is 0.234 e. The van der Waals surface area contributed by atoms with E-state index in [1.165, 1.54) is 75.3 Å². The Morgan fingerprint density at radius 2 is 1.30 bits per heavy atom. The highest BCUT2D eigenvalue weighted by molar-refractivity contribution is 9.10. The van der Waals surface area contributed by atoms with E-state index in [4.69, 9.17) is 19.7 Å². The molecule has 2 heterocycles. The third-order valence-electron chi connectivity index (χ3n) is 8.59. The predicted octanol–water partition coefficient (Wildman–Crippen LogP) is 9.37. The summed E-state index contributed by atoms with van der Waals surface area (Å²) < 4.78 is 13.6. The van der Waals surface area contributed by atoms with Crippen LogP contribution in [0.5, 0.6) is 17.4 Å². The average molecular weight is 696 g/mol. The van der Waals surface area contributed by atoms with E-state index in [9.17, 15) is 0 Å². The lowest BCUT2D eigenvalue weighted by Gasteiger charge is -2.29. The van der Waals surface area contributed by atoms with Crippen LogP contribution in [-0.4, -0.2) is 52.5 Å². The summed E-state index contributed by atoms with van der Waals surface area (Å²) in [5.41, 5.74) is 3.52. The van der Waals surface area contributed by atoms with Crippen LogP contribution in [0.4, 0.5) is 0 Å². The topological polar surface area (TPSA) is 67.7 Å². The molecule has 0 spiro atoms. The number of phenols is 1. The Balaban J connectivity index is 0.000000442.